The van der Waals surface area contributed by atoms with Crippen LogP contribution in [0.15, 0.2) is 29.1 Å². The van der Waals surface area contributed by atoms with Crippen LogP contribution >= 0.6 is 11.6 Å². The van der Waals surface area contributed by atoms with Gasteiger partial charge < -0.3 is 10.2 Å². The Balaban J connectivity index is 1.34. The number of nitrogens with one attached hydrogen (secondary N) is 1. The second-order valence-electron chi connectivity index (χ2n) is 11.7. The van der Waals surface area contributed by atoms with Crippen molar-refractivity contribution in [1.82, 2.24) is 9.88 Å². The molecule has 0 spiro atoms. The quantitative estimate of drug-likeness (QED) is 0.559. The van der Waals surface area contributed by atoms with E-state index in [1.807, 2.05) is 24.1 Å². The number of piperidine rings is 1. The minimum atomic E-state index is -0.0161. The third-order valence-electron chi connectivity index (χ3n) is 10.1. The number of allylic oxidation sites excluding steroid dienone is 2. The molecule has 1 saturated heterocycles. The van der Waals surface area contributed by atoms with Gasteiger partial charge in [0.05, 0.1) is 0 Å². The van der Waals surface area contributed by atoms with Crippen molar-refractivity contribution >= 4 is 29.1 Å². The van der Waals surface area contributed by atoms with Gasteiger partial charge in [-0.1, -0.05) is 32.4 Å². The van der Waals surface area contributed by atoms with E-state index in [1.54, 1.807) is 6.20 Å². The van der Waals surface area contributed by atoms with Gasteiger partial charge in [0.25, 0.3) is 0 Å². The molecule has 1 aliphatic heterocycles. The molecule has 2 saturated carbocycles. The van der Waals surface area contributed by atoms with Crippen molar-refractivity contribution in [3.63, 3.8) is 0 Å². The fourth-order valence-electron chi connectivity index (χ4n) is 8.31. The zero-order valence-electron chi connectivity index (χ0n) is 21.0. The Morgan fingerprint density at radius 2 is 2.03 bits per heavy atom. The second kappa shape index (κ2) is 8.65. The van der Waals surface area contributed by atoms with Crippen molar-refractivity contribution in [2.24, 2.45) is 34.5 Å². The molecule has 2 amide bonds. The molecule has 3 unspecified atom stereocenters. The number of rotatable bonds is 4. The van der Waals surface area contributed by atoms with Gasteiger partial charge in [-0.15, -0.1) is 0 Å². The summed E-state index contributed by atoms with van der Waals surface area (Å²) in [5.74, 6) is 2.41. The van der Waals surface area contributed by atoms with Crippen LogP contribution in [0.2, 0.25) is 0 Å². The number of fused-ring (bicyclic) bond motifs is 5. The fourth-order valence-corrected chi connectivity index (χ4v) is 8.83. The fraction of sp³-hybridized carbons (Fsp3) is 0.679. The number of nitrogens with zero attached hydrogens (tertiary/aromatic N) is 2. The van der Waals surface area contributed by atoms with Crippen LogP contribution in [0.3, 0.4) is 0 Å². The summed E-state index contributed by atoms with van der Waals surface area (Å²) in [5, 5.41) is 4.02. The number of hydrogen-bond acceptors (Lipinski definition) is 3. The zero-order chi connectivity index (χ0) is 24.3. The van der Waals surface area contributed by atoms with Crippen LogP contribution in [0.1, 0.15) is 77.8 Å². The first-order valence-electron chi connectivity index (χ1n) is 13.1. The van der Waals surface area contributed by atoms with Crippen LogP contribution in [0.5, 0.6) is 0 Å². The Morgan fingerprint density at radius 1 is 1.24 bits per heavy atom. The van der Waals surface area contributed by atoms with Crippen molar-refractivity contribution < 1.29 is 9.59 Å². The van der Waals surface area contributed by atoms with E-state index in [9.17, 15) is 9.59 Å². The summed E-state index contributed by atoms with van der Waals surface area (Å²) in [7, 11) is 1.90. The maximum Gasteiger partial charge on any atom is 0.226 e. The standard InChI is InChI=1S/C28H38ClN3O2/c1-5-18-15-19(10-13-30-18)31-24(33)14-17-6-7-21-20-16-23(29)26-28(3,12-9-25(34)32(26)4)22(20)8-11-27(17,21)2/h10,13,15,17,20-22H,5-9,11-12,14,16H2,1-4H3,(H,30,31,33)/t17-,20?,21?,22?,27-,28-/m1/s1. The van der Waals surface area contributed by atoms with Gasteiger partial charge in [0.15, 0.2) is 0 Å². The average molecular weight is 484 g/mol. The SMILES string of the molecule is CCc1cc(NC(=O)C[C@H]2CCC3C4CC(Cl)=C5N(C)C(=O)CC[C@]5(C)C4CC[C@@]32C)ccn1. The summed E-state index contributed by atoms with van der Waals surface area (Å²) < 4.78 is 0. The van der Waals surface area contributed by atoms with E-state index in [4.69, 9.17) is 11.6 Å². The molecule has 3 aliphatic carbocycles. The van der Waals surface area contributed by atoms with Crippen molar-refractivity contribution in [1.29, 1.82) is 0 Å². The first-order chi connectivity index (χ1) is 16.2. The molecule has 0 bridgehead atoms. The predicted molar refractivity (Wildman–Crippen MR) is 135 cm³/mol. The summed E-state index contributed by atoms with van der Waals surface area (Å²) in [6.45, 7) is 6.86. The Hall–Kier alpha value is -1.88. The van der Waals surface area contributed by atoms with Crippen LogP contribution in [-0.2, 0) is 16.0 Å². The lowest BCUT2D eigenvalue weighted by Gasteiger charge is -2.59. The van der Waals surface area contributed by atoms with Crippen LogP contribution < -0.4 is 5.32 Å². The number of pyridine rings is 1. The normalized spacial score (nSPS) is 37.2. The molecule has 4 aliphatic rings. The van der Waals surface area contributed by atoms with Gasteiger partial charge in [0.2, 0.25) is 11.8 Å². The molecule has 0 radical (unpaired) electrons. The molecule has 184 valence electrons. The number of carbonyl (C=O) groups excluding carboxylic acids is 2. The Morgan fingerprint density at radius 3 is 2.79 bits per heavy atom. The van der Waals surface area contributed by atoms with Gasteiger partial charge in [0.1, 0.15) is 0 Å². The highest BCUT2D eigenvalue weighted by Crippen LogP contribution is 2.67. The van der Waals surface area contributed by atoms with Crippen molar-refractivity contribution in [3.05, 3.63) is 34.8 Å². The molecular formula is C28H38ClN3O2. The molecule has 34 heavy (non-hydrogen) atoms. The van der Waals surface area contributed by atoms with E-state index in [2.05, 4.69) is 31.1 Å². The molecule has 1 aromatic heterocycles. The second-order valence-corrected chi connectivity index (χ2v) is 12.1. The van der Waals surface area contributed by atoms with Crippen LogP contribution in [0.4, 0.5) is 5.69 Å². The summed E-state index contributed by atoms with van der Waals surface area (Å²) in [4.78, 5) is 31.6. The molecule has 2 heterocycles. The largest absolute Gasteiger partial charge is 0.326 e. The molecular weight excluding hydrogens is 446 g/mol. The Kier molecular flexibility index (Phi) is 6.07. The zero-order valence-corrected chi connectivity index (χ0v) is 21.8. The third kappa shape index (κ3) is 3.70. The lowest BCUT2D eigenvalue weighted by Crippen LogP contribution is -2.54. The molecule has 1 aromatic rings. The number of likely N-dealkylation sites (tertiary alicyclic amines) is 1. The van der Waals surface area contributed by atoms with E-state index >= 15 is 0 Å². The molecule has 6 atom stereocenters. The lowest BCUT2D eigenvalue weighted by atomic mass is 9.49. The van der Waals surface area contributed by atoms with E-state index in [1.165, 1.54) is 6.42 Å². The number of aryl methyl sites for hydroxylation is 1. The monoisotopic (exact) mass is 483 g/mol. The highest BCUT2D eigenvalue weighted by atomic mass is 35.5. The van der Waals surface area contributed by atoms with Gasteiger partial charge >= 0.3 is 0 Å². The minimum Gasteiger partial charge on any atom is -0.326 e. The van der Waals surface area contributed by atoms with Crippen LogP contribution in [0, 0.1) is 34.5 Å². The molecule has 5 nitrogen and oxygen atoms in total. The van der Waals surface area contributed by atoms with Gasteiger partial charge in [-0.2, -0.15) is 0 Å². The first kappa shape index (κ1) is 23.8. The molecule has 0 aromatic carbocycles. The van der Waals surface area contributed by atoms with Gasteiger partial charge in [-0.25, -0.2) is 0 Å². The maximum atomic E-state index is 13.0. The summed E-state index contributed by atoms with van der Waals surface area (Å²) in [5.41, 5.74) is 3.09. The van der Waals surface area contributed by atoms with Gasteiger partial charge in [0, 0.05) is 53.6 Å². The van der Waals surface area contributed by atoms with E-state index in [-0.39, 0.29) is 22.6 Å². The van der Waals surface area contributed by atoms with Crippen molar-refractivity contribution in [2.75, 3.05) is 12.4 Å². The van der Waals surface area contributed by atoms with Gasteiger partial charge in [-0.05, 0) is 86.2 Å². The van der Waals surface area contributed by atoms with Crippen LogP contribution in [0.25, 0.3) is 0 Å². The summed E-state index contributed by atoms with van der Waals surface area (Å²) >= 11 is 6.95. The molecule has 3 fully saturated rings. The number of halogens is 1. The van der Waals surface area contributed by atoms with E-state index in [0.717, 1.165) is 60.6 Å². The lowest BCUT2D eigenvalue weighted by molar-refractivity contribution is -0.136. The number of carbonyl (C=O) groups is 2. The summed E-state index contributed by atoms with van der Waals surface area (Å²) in [6.07, 6.45) is 10.2. The highest BCUT2D eigenvalue weighted by Gasteiger charge is 2.60. The van der Waals surface area contributed by atoms with E-state index < -0.39 is 0 Å². The number of amides is 2. The Labute approximate surface area is 208 Å². The molecule has 1 N–H and O–H groups in total. The molecule has 5 rings (SSSR count). The smallest absolute Gasteiger partial charge is 0.226 e. The topological polar surface area (TPSA) is 62.3 Å². The van der Waals surface area contributed by atoms with E-state index in [0.29, 0.717) is 36.5 Å². The Bertz CT molecular complexity index is 1040. The minimum absolute atomic E-state index is 0.0161. The average Bonchev–Trinajstić information content (AvgIpc) is 3.13. The first-order valence-corrected chi connectivity index (χ1v) is 13.5. The predicted octanol–water partition coefficient (Wildman–Crippen LogP) is 6.14. The number of aromatic nitrogens is 1. The maximum absolute atomic E-state index is 13.0. The third-order valence-corrected chi connectivity index (χ3v) is 10.5. The van der Waals surface area contributed by atoms with Crippen molar-refractivity contribution in [3.8, 4) is 0 Å². The highest BCUT2D eigenvalue weighted by molar-refractivity contribution is 6.30. The number of anilines is 1. The van der Waals surface area contributed by atoms with Crippen molar-refractivity contribution in [2.45, 2.75) is 78.6 Å². The van der Waals surface area contributed by atoms with Crippen LogP contribution in [-0.4, -0.2) is 28.7 Å². The molecule has 6 heteroatoms. The number of hydrogen-bond donors (Lipinski definition) is 1. The van der Waals surface area contributed by atoms with Gasteiger partial charge in [-0.3, -0.25) is 14.6 Å². The summed E-state index contributed by atoms with van der Waals surface area (Å²) in [6, 6.07) is 3.85.